The van der Waals surface area contributed by atoms with Gasteiger partial charge in [0.1, 0.15) is 0 Å². The summed E-state index contributed by atoms with van der Waals surface area (Å²) in [6, 6.07) is 0.629. The van der Waals surface area contributed by atoms with E-state index in [9.17, 15) is 0 Å². The van der Waals surface area contributed by atoms with Gasteiger partial charge in [-0.1, -0.05) is 26.2 Å². The zero-order valence-corrected chi connectivity index (χ0v) is 12.5. The molecule has 2 aliphatic carbocycles. The summed E-state index contributed by atoms with van der Waals surface area (Å²) in [4.78, 5) is 4.24. The number of hydrogen-bond donors (Lipinski definition) is 2. The monoisotopic (exact) mass is 267 g/mol. The summed E-state index contributed by atoms with van der Waals surface area (Å²) in [6.07, 6.45) is 9.45. The summed E-state index contributed by atoms with van der Waals surface area (Å²) in [6.45, 7) is 4.07. The first-order valence-corrected chi connectivity index (χ1v) is 7.88. The van der Waals surface area contributed by atoms with Crippen molar-refractivity contribution in [1.82, 2.24) is 10.6 Å². The Labute approximate surface area is 117 Å². The Kier molecular flexibility index (Phi) is 5.95. The third kappa shape index (κ3) is 5.39. The summed E-state index contributed by atoms with van der Waals surface area (Å²) >= 11 is 0. The first-order chi connectivity index (χ1) is 9.29. The molecule has 0 aromatic rings. The van der Waals surface area contributed by atoms with Crippen LogP contribution >= 0.6 is 0 Å². The molecule has 0 radical (unpaired) electrons. The Morgan fingerprint density at radius 1 is 1.26 bits per heavy atom. The lowest BCUT2D eigenvalue weighted by Crippen LogP contribution is -2.39. The van der Waals surface area contributed by atoms with Crippen LogP contribution in [0.25, 0.3) is 0 Å². The molecule has 2 aliphatic rings. The van der Waals surface area contributed by atoms with Crippen LogP contribution in [0.15, 0.2) is 4.99 Å². The third-order valence-electron chi connectivity index (χ3n) is 4.17. The zero-order valence-electron chi connectivity index (χ0n) is 12.5. The van der Waals surface area contributed by atoms with Crippen LogP contribution in [0.2, 0.25) is 0 Å². The van der Waals surface area contributed by atoms with Crippen LogP contribution < -0.4 is 10.6 Å². The zero-order chi connectivity index (χ0) is 13.5. The maximum atomic E-state index is 5.91. The van der Waals surface area contributed by atoms with Crippen molar-refractivity contribution in [3.05, 3.63) is 0 Å². The van der Waals surface area contributed by atoms with E-state index < -0.39 is 0 Å². The molecule has 0 aromatic carbocycles. The molecule has 0 spiro atoms. The molecule has 19 heavy (non-hydrogen) atoms. The van der Waals surface area contributed by atoms with Crippen LogP contribution in [0.3, 0.4) is 0 Å². The van der Waals surface area contributed by atoms with E-state index in [4.69, 9.17) is 4.74 Å². The molecular formula is C15H29N3O. The van der Waals surface area contributed by atoms with Gasteiger partial charge in [0, 0.05) is 26.2 Å². The highest BCUT2D eigenvalue weighted by molar-refractivity contribution is 5.80. The molecule has 2 rings (SSSR count). The minimum atomic E-state index is 0.526. The quantitative estimate of drug-likeness (QED) is 0.441. The highest BCUT2D eigenvalue weighted by Gasteiger charge is 2.33. The maximum Gasteiger partial charge on any atom is 0.191 e. The lowest BCUT2D eigenvalue weighted by molar-refractivity contribution is 0.0277. The van der Waals surface area contributed by atoms with Crippen LogP contribution in [0, 0.1) is 5.92 Å². The Bertz CT molecular complexity index is 287. The average molecular weight is 267 g/mol. The first kappa shape index (κ1) is 14.6. The third-order valence-corrected chi connectivity index (χ3v) is 4.17. The van der Waals surface area contributed by atoms with Crippen molar-refractivity contribution < 1.29 is 4.74 Å². The van der Waals surface area contributed by atoms with Crippen molar-refractivity contribution in [3.63, 3.8) is 0 Å². The van der Waals surface area contributed by atoms with Gasteiger partial charge in [0.2, 0.25) is 0 Å². The Morgan fingerprint density at radius 3 is 2.63 bits per heavy atom. The highest BCUT2D eigenvalue weighted by Crippen LogP contribution is 2.28. The molecule has 0 saturated heterocycles. The van der Waals surface area contributed by atoms with Crippen molar-refractivity contribution in [3.8, 4) is 0 Å². The van der Waals surface area contributed by atoms with Crippen LogP contribution in [0.1, 0.15) is 51.9 Å². The number of rotatable bonds is 6. The van der Waals surface area contributed by atoms with Gasteiger partial charge in [0.25, 0.3) is 0 Å². The molecular weight excluding hydrogens is 238 g/mol. The number of nitrogens with zero attached hydrogens (tertiary/aromatic N) is 1. The predicted molar refractivity (Wildman–Crippen MR) is 79.5 cm³/mol. The molecule has 4 heteroatoms. The standard InChI is InChI=1S/C15H29N3O/c1-12-11-14(12)18-15(16-2)17-9-6-10-19-13-7-4-3-5-8-13/h12-14H,3-11H2,1-2H3,(H2,16,17,18). The van der Waals surface area contributed by atoms with Crippen molar-refractivity contribution in [1.29, 1.82) is 0 Å². The van der Waals surface area contributed by atoms with Crippen LogP contribution in [0.5, 0.6) is 0 Å². The molecule has 2 fully saturated rings. The molecule has 110 valence electrons. The Morgan fingerprint density at radius 2 is 2.00 bits per heavy atom. The maximum absolute atomic E-state index is 5.91. The van der Waals surface area contributed by atoms with E-state index >= 15 is 0 Å². The summed E-state index contributed by atoms with van der Waals surface area (Å²) in [5.41, 5.74) is 0. The molecule has 0 amide bonds. The Balaban J connectivity index is 1.48. The van der Waals surface area contributed by atoms with Gasteiger partial charge in [-0.3, -0.25) is 4.99 Å². The van der Waals surface area contributed by atoms with Crippen molar-refractivity contribution in [2.45, 2.75) is 64.0 Å². The van der Waals surface area contributed by atoms with E-state index in [1.54, 1.807) is 0 Å². The minimum absolute atomic E-state index is 0.526. The van der Waals surface area contributed by atoms with Crippen LogP contribution in [-0.4, -0.2) is 38.3 Å². The molecule has 0 heterocycles. The molecule has 0 aliphatic heterocycles. The summed E-state index contributed by atoms with van der Waals surface area (Å²) < 4.78 is 5.91. The second-order valence-corrected chi connectivity index (χ2v) is 5.95. The van der Waals surface area contributed by atoms with Crippen molar-refractivity contribution >= 4 is 5.96 Å². The topological polar surface area (TPSA) is 45.7 Å². The van der Waals surface area contributed by atoms with E-state index in [2.05, 4.69) is 22.5 Å². The molecule has 2 saturated carbocycles. The molecule has 2 atom stereocenters. The second-order valence-electron chi connectivity index (χ2n) is 5.95. The van der Waals surface area contributed by atoms with Gasteiger partial charge < -0.3 is 15.4 Å². The Hall–Kier alpha value is -0.770. The number of hydrogen-bond acceptors (Lipinski definition) is 2. The SMILES string of the molecule is CN=C(NCCCOC1CCCCC1)NC1CC1C. The second kappa shape index (κ2) is 7.73. The molecule has 4 nitrogen and oxygen atoms in total. The fourth-order valence-electron chi connectivity index (χ4n) is 2.65. The van der Waals surface area contributed by atoms with E-state index in [1.807, 2.05) is 7.05 Å². The first-order valence-electron chi connectivity index (χ1n) is 7.88. The lowest BCUT2D eigenvalue weighted by atomic mass is 9.98. The fraction of sp³-hybridized carbons (Fsp3) is 0.933. The lowest BCUT2D eigenvalue weighted by Gasteiger charge is -2.22. The van der Waals surface area contributed by atoms with E-state index in [0.29, 0.717) is 12.1 Å². The van der Waals surface area contributed by atoms with Crippen LogP contribution in [-0.2, 0) is 4.74 Å². The summed E-state index contributed by atoms with van der Waals surface area (Å²) in [5, 5.41) is 6.79. The van der Waals surface area contributed by atoms with E-state index in [0.717, 1.165) is 31.4 Å². The van der Waals surface area contributed by atoms with Gasteiger partial charge in [-0.25, -0.2) is 0 Å². The number of aliphatic imine (C=N–C) groups is 1. The molecule has 0 aromatic heterocycles. The summed E-state index contributed by atoms with van der Waals surface area (Å²) in [5.74, 6) is 1.74. The average Bonchev–Trinajstić information content (AvgIpc) is 3.13. The molecule has 0 bridgehead atoms. The molecule has 2 unspecified atom stereocenters. The smallest absolute Gasteiger partial charge is 0.191 e. The highest BCUT2D eigenvalue weighted by atomic mass is 16.5. The van der Waals surface area contributed by atoms with Gasteiger partial charge >= 0.3 is 0 Å². The van der Waals surface area contributed by atoms with Gasteiger partial charge in [-0.05, 0) is 31.6 Å². The predicted octanol–water partition coefficient (Wildman–Crippen LogP) is 2.30. The van der Waals surface area contributed by atoms with E-state index in [-0.39, 0.29) is 0 Å². The fourth-order valence-corrected chi connectivity index (χ4v) is 2.65. The van der Waals surface area contributed by atoms with Gasteiger partial charge in [-0.2, -0.15) is 0 Å². The van der Waals surface area contributed by atoms with Crippen molar-refractivity contribution in [2.75, 3.05) is 20.2 Å². The largest absolute Gasteiger partial charge is 0.378 e. The van der Waals surface area contributed by atoms with Gasteiger partial charge in [0.15, 0.2) is 5.96 Å². The number of ether oxygens (including phenoxy) is 1. The van der Waals surface area contributed by atoms with Crippen molar-refractivity contribution in [2.24, 2.45) is 10.9 Å². The van der Waals surface area contributed by atoms with Crippen LogP contribution in [0.4, 0.5) is 0 Å². The van der Waals surface area contributed by atoms with Gasteiger partial charge in [-0.15, -0.1) is 0 Å². The normalized spacial score (nSPS) is 28.2. The molecule has 2 N–H and O–H groups in total. The number of guanidine groups is 1. The summed E-state index contributed by atoms with van der Waals surface area (Å²) in [7, 11) is 1.83. The van der Waals surface area contributed by atoms with Gasteiger partial charge in [0.05, 0.1) is 6.10 Å². The minimum Gasteiger partial charge on any atom is -0.378 e. The van der Waals surface area contributed by atoms with E-state index in [1.165, 1.54) is 38.5 Å². The number of nitrogens with one attached hydrogen (secondary N) is 2.